The molecule has 1 aliphatic rings. The Morgan fingerprint density at radius 3 is 2.02 bits per heavy atom. The van der Waals surface area contributed by atoms with Crippen molar-refractivity contribution >= 4 is 22.5 Å². The van der Waals surface area contributed by atoms with E-state index in [9.17, 15) is 9.59 Å². The van der Waals surface area contributed by atoms with E-state index in [1.165, 1.54) is 0 Å². The molecule has 4 aromatic carbocycles. The van der Waals surface area contributed by atoms with Crippen molar-refractivity contribution in [1.82, 2.24) is 4.57 Å². The zero-order valence-electron chi connectivity index (χ0n) is 23.1. The Balaban J connectivity index is 1.65. The molecule has 0 unspecified atom stereocenters. The van der Waals surface area contributed by atoms with Crippen molar-refractivity contribution in [1.29, 1.82) is 0 Å². The van der Waals surface area contributed by atoms with Gasteiger partial charge < -0.3 is 14.2 Å². The lowest BCUT2D eigenvalue weighted by Gasteiger charge is -2.24. The SMILES string of the molecule is COCc1c(-c2cccc3c2N(Cc2ccccc2)C(=O)C3(C)C)c(=O)n(Cc2ccccc2)c2ccccc12. The monoisotopic (exact) mass is 528 g/mol. The van der Waals surface area contributed by atoms with Gasteiger partial charge in [-0.1, -0.05) is 97.1 Å². The molecule has 0 saturated heterocycles. The van der Waals surface area contributed by atoms with Gasteiger partial charge in [0.15, 0.2) is 0 Å². The molecule has 0 aliphatic carbocycles. The fourth-order valence-electron chi connectivity index (χ4n) is 5.98. The minimum absolute atomic E-state index is 0.0255. The maximum Gasteiger partial charge on any atom is 0.259 e. The Bertz CT molecular complexity index is 1770. The number of carbonyl (C=O) groups excluding carboxylic acids is 1. The maximum atomic E-state index is 14.6. The Hall–Kier alpha value is -4.48. The number of ether oxygens (including phenoxy) is 1. The number of carbonyl (C=O) groups is 1. The molecule has 0 bridgehead atoms. The highest BCUT2D eigenvalue weighted by atomic mass is 16.5. The van der Waals surface area contributed by atoms with Crippen LogP contribution in [0.3, 0.4) is 0 Å². The molecule has 6 rings (SSSR count). The van der Waals surface area contributed by atoms with Crippen LogP contribution in [0.25, 0.3) is 22.0 Å². The molecule has 5 aromatic rings. The molecule has 5 nitrogen and oxygen atoms in total. The fourth-order valence-corrected chi connectivity index (χ4v) is 5.98. The average Bonchev–Trinajstić information content (AvgIpc) is 3.17. The number of fused-ring (bicyclic) bond motifs is 2. The fraction of sp³-hybridized carbons (Fsp3) is 0.200. The largest absolute Gasteiger partial charge is 0.380 e. The Morgan fingerprint density at radius 2 is 1.35 bits per heavy atom. The third-order valence-corrected chi connectivity index (χ3v) is 7.96. The van der Waals surface area contributed by atoms with Gasteiger partial charge in [0.05, 0.1) is 41.9 Å². The van der Waals surface area contributed by atoms with E-state index in [-0.39, 0.29) is 18.1 Å². The third-order valence-electron chi connectivity index (χ3n) is 7.96. The van der Waals surface area contributed by atoms with Crippen molar-refractivity contribution in [2.75, 3.05) is 12.0 Å². The lowest BCUT2D eigenvalue weighted by atomic mass is 9.84. The highest BCUT2D eigenvalue weighted by Gasteiger charge is 2.45. The van der Waals surface area contributed by atoms with Crippen molar-refractivity contribution in [3.63, 3.8) is 0 Å². The molecule has 5 heteroatoms. The van der Waals surface area contributed by atoms with E-state index in [4.69, 9.17) is 4.74 Å². The van der Waals surface area contributed by atoms with Crippen LogP contribution in [0.1, 0.15) is 36.1 Å². The highest BCUT2D eigenvalue weighted by Crippen LogP contribution is 2.48. The van der Waals surface area contributed by atoms with Crippen LogP contribution in [0.2, 0.25) is 0 Å². The molecule has 40 heavy (non-hydrogen) atoms. The van der Waals surface area contributed by atoms with Gasteiger partial charge in [-0.2, -0.15) is 0 Å². The molecule has 0 saturated carbocycles. The first-order valence-corrected chi connectivity index (χ1v) is 13.6. The Morgan fingerprint density at radius 1 is 0.725 bits per heavy atom. The summed E-state index contributed by atoms with van der Waals surface area (Å²) in [6.07, 6.45) is 0. The first-order valence-electron chi connectivity index (χ1n) is 13.6. The van der Waals surface area contributed by atoms with Crippen molar-refractivity contribution in [2.45, 2.75) is 39.0 Å². The summed E-state index contributed by atoms with van der Waals surface area (Å²) >= 11 is 0. The topological polar surface area (TPSA) is 51.5 Å². The molecular formula is C35H32N2O3. The van der Waals surface area contributed by atoms with Gasteiger partial charge in [-0.15, -0.1) is 0 Å². The lowest BCUT2D eigenvalue weighted by Crippen LogP contribution is -2.36. The van der Waals surface area contributed by atoms with Crippen LogP contribution in [0.4, 0.5) is 5.69 Å². The van der Waals surface area contributed by atoms with E-state index in [1.807, 2.05) is 126 Å². The van der Waals surface area contributed by atoms with Gasteiger partial charge in [-0.05, 0) is 36.6 Å². The average molecular weight is 529 g/mol. The predicted octanol–water partition coefficient (Wildman–Crippen LogP) is 6.69. The Kier molecular flexibility index (Phi) is 6.60. The quantitative estimate of drug-likeness (QED) is 0.237. The van der Waals surface area contributed by atoms with Crippen molar-refractivity contribution in [3.05, 3.63) is 136 Å². The Labute approximate surface area is 234 Å². The van der Waals surface area contributed by atoms with Crippen molar-refractivity contribution < 1.29 is 9.53 Å². The van der Waals surface area contributed by atoms with E-state index in [0.717, 1.165) is 44.4 Å². The van der Waals surface area contributed by atoms with Crippen LogP contribution in [-0.4, -0.2) is 17.6 Å². The predicted molar refractivity (Wildman–Crippen MR) is 161 cm³/mol. The highest BCUT2D eigenvalue weighted by molar-refractivity contribution is 6.11. The molecule has 1 aliphatic heterocycles. The summed E-state index contributed by atoms with van der Waals surface area (Å²) in [5.74, 6) is 0.0255. The minimum Gasteiger partial charge on any atom is -0.380 e. The molecule has 0 spiro atoms. The number of nitrogens with zero attached hydrogens (tertiary/aromatic N) is 2. The number of anilines is 1. The van der Waals surface area contributed by atoms with Gasteiger partial charge >= 0.3 is 0 Å². The van der Waals surface area contributed by atoms with E-state index in [2.05, 4.69) is 0 Å². The van der Waals surface area contributed by atoms with Crippen molar-refractivity contribution in [2.24, 2.45) is 0 Å². The summed E-state index contributed by atoms with van der Waals surface area (Å²) in [5, 5.41) is 0.964. The number of rotatable bonds is 7. The van der Waals surface area contributed by atoms with E-state index >= 15 is 0 Å². The standard InChI is InChI=1S/C35H32N2O3/c1-35(2)29-19-12-18-27(32(29)37(34(35)39)22-25-15-8-5-9-16-25)31-28(23-40-3)26-17-10-11-20-30(26)36(33(31)38)21-24-13-6-4-7-14-24/h4-20H,21-23H2,1-3H3. The third kappa shape index (κ3) is 4.23. The van der Waals surface area contributed by atoms with Gasteiger partial charge in [0, 0.05) is 23.6 Å². The van der Waals surface area contributed by atoms with Gasteiger partial charge in [-0.3, -0.25) is 9.59 Å². The molecule has 0 atom stereocenters. The number of aromatic nitrogens is 1. The number of amides is 1. The summed E-state index contributed by atoms with van der Waals surface area (Å²) in [7, 11) is 1.65. The summed E-state index contributed by atoms with van der Waals surface area (Å²) in [6.45, 7) is 5.07. The zero-order valence-corrected chi connectivity index (χ0v) is 23.1. The molecule has 1 amide bonds. The van der Waals surface area contributed by atoms with Gasteiger partial charge in [0.2, 0.25) is 5.91 Å². The number of benzene rings is 4. The second-order valence-electron chi connectivity index (χ2n) is 10.9. The van der Waals surface area contributed by atoms with Crippen molar-refractivity contribution in [3.8, 4) is 11.1 Å². The molecule has 0 radical (unpaired) electrons. The second kappa shape index (κ2) is 10.2. The summed E-state index contributed by atoms with van der Waals surface area (Å²) in [5.41, 5.74) is 6.02. The van der Waals surface area contributed by atoms with E-state index in [0.29, 0.717) is 18.7 Å². The smallest absolute Gasteiger partial charge is 0.259 e. The first kappa shape index (κ1) is 25.8. The first-order chi connectivity index (χ1) is 19.4. The van der Waals surface area contributed by atoms with Gasteiger partial charge in [0.25, 0.3) is 5.56 Å². The van der Waals surface area contributed by atoms with E-state index < -0.39 is 5.41 Å². The number of hydrogen-bond acceptors (Lipinski definition) is 3. The summed E-state index contributed by atoms with van der Waals surface area (Å²) in [4.78, 5) is 30.4. The van der Waals surface area contributed by atoms with Crippen LogP contribution in [0.5, 0.6) is 0 Å². The molecule has 200 valence electrons. The van der Waals surface area contributed by atoms with Crippen LogP contribution < -0.4 is 10.5 Å². The molecule has 2 heterocycles. The summed E-state index contributed by atoms with van der Waals surface area (Å²) < 4.78 is 7.54. The normalized spacial score (nSPS) is 14.1. The minimum atomic E-state index is -0.721. The van der Waals surface area contributed by atoms with E-state index in [1.54, 1.807) is 7.11 Å². The molecule has 0 fully saturated rings. The molecule has 1 aromatic heterocycles. The number of para-hydroxylation sites is 2. The lowest BCUT2D eigenvalue weighted by molar-refractivity contribution is -0.122. The zero-order chi connectivity index (χ0) is 27.9. The number of methoxy groups -OCH3 is 1. The van der Waals surface area contributed by atoms with Crippen LogP contribution in [0, 0.1) is 0 Å². The van der Waals surface area contributed by atoms with Gasteiger partial charge in [-0.25, -0.2) is 0 Å². The molecular weight excluding hydrogens is 496 g/mol. The summed E-state index contributed by atoms with van der Waals surface area (Å²) in [6, 6.07) is 34.0. The van der Waals surface area contributed by atoms with Crippen LogP contribution >= 0.6 is 0 Å². The molecule has 0 N–H and O–H groups in total. The van der Waals surface area contributed by atoms with Crippen LogP contribution in [0.15, 0.2) is 108 Å². The van der Waals surface area contributed by atoms with Gasteiger partial charge in [0.1, 0.15) is 0 Å². The number of pyridine rings is 1. The van der Waals surface area contributed by atoms with Crippen LogP contribution in [-0.2, 0) is 34.6 Å². The second-order valence-corrected chi connectivity index (χ2v) is 10.9. The maximum absolute atomic E-state index is 14.6. The number of hydrogen-bond donors (Lipinski definition) is 0.